The Morgan fingerprint density at radius 1 is 1.19 bits per heavy atom. The predicted octanol–water partition coefficient (Wildman–Crippen LogP) is 3.67. The van der Waals surface area contributed by atoms with Gasteiger partial charge in [0.05, 0.1) is 37.5 Å². The van der Waals surface area contributed by atoms with Crippen LogP contribution in [0.1, 0.15) is 72.3 Å². The van der Waals surface area contributed by atoms with E-state index in [1.807, 2.05) is 34.7 Å². The van der Waals surface area contributed by atoms with Gasteiger partial charge in [-0.2, -0.15) is 5.10 Å². The predicted molar refractivity (Wildman–Crippen MR) is 118 cm³/mol. The Bertz CT molecular complexity index is 992. The zero-order chi connectivity index (χ0) is 22.1. The number of benzene rings is 1. The molecule has 2 fully saturated rings. The standard InChI is InChI=1S/C25H31N3O4/c1-2-32-23(29)22-21(20-17-31-15-14-28(20)26-22)19-8-10-25(11-9-19)12-13-27(24(25)30)16-18-6-4-3-5-7-18/h3-7,19H,2,8-17H2,1H3/t19-,25-. The van der Waals surface area contributed by atoms with Crippen molar-refractivity contribution in [1.82, 2.24) is 14.7 Å². The molecular formula is C25H31N3O4. The van der Waals surface area contributed by atoms with Gasteiger partial charge in [0.2, 0.25) is 5.91 Å². The lowest BCUT2D eigenvalue weighted by molar-refractivity contribution is -0.138. The molecule has 2 aliphatic heterocycles. The average Bonchev–Trinajstić information content (AvgIpc) is 3.35. The highest BCUT2D eigenvalue weighted by molar-refractivity contribution is 5.89. The van der Waals surface area contributed by atoms with Crippen LogP contribution in [-0.2, 0) is 34.0 Å². The normalized spacial score (nSPS) is 25.2. The van der Waals surface area contributed by atoms with Crippen molar-refractivity contribution in [3.8, 4) is 0 Å². The molecule has 7 heteroatoms. The summed E-state index contributed by atoms with van der Waals surface area (Å²) in [5.41, 5.74) is 3.36. The minimum absolute atomic E-state index is 0.210. The Hall–Kier alpha value is -2.67. The van der Waals surface area contributed by atoms with Crippen molar-refractivity contribution in [3.63, 3.8) is 0 Å². The van der Waals surface area contributed by atoms with E-state index < -0.39 is 0 Å². The highest BCUT2D eigenvalue weighted by Crippen LogP contribution is 2.50. The molecule has 0 bridgehead atoms. The van der Waals surface area contributed by atoms with Gasteiger partial charge in [-0.3, -0.25) is 9.48 Å². The molecule has 1 saturated heterocycles. The van der Waals surface area contributed by atoms with Crippen molar-refractivity contribution in [2.24, 2.45) is 5.41 Å². The molecule has 170 valence electrons. The zero-order valence-corrected chi connectivity index (χ0v) is 18.7. The molecular weight excluding hydrogens is 406 g/mol. The van der Waals surface area contributed by atoms with Gasteiger partial charge in [-0.15, -0.1) is 0 Å². The number of esters is 1. The summed E-state index contributed by atoms with van der Waals surface area (Å²) in [6.07, 6.45) is 4.41. The Morgan fingerprint density at radius 2 is 1.97 bits per heavy atom. The first-order chi connectivity index (χ1) is 15.6. The summed E-state index contributed by atoms with van der Waals surface area (Å²) in [4.78, 5) is 28.1. The molecule has 1 amide bonds. The molecule has 0 unspecified atom stereocenters. The van der Waals surface area contributed by atoms with Gasteiger partial charge in [0.1, 0.15) is 0 Å². The van der Waals surface area contributed by atoms with Crippen molar-refractivity contribution in [1.29, 1.82) is 0 Å². The summed E-state index contributed by atoms with van der Waals surface area (Å²) in [7, 11) is 0. The maximum absolute atomic E-state index is 13.4. The van der Waals surface area contributed by atoms with Gasteiger partial charge in [0, 0.05) is 18.7 Å². The monoisotopic (exact) mass is 437 g/mol. The van der Waals surface area contributed by atoms with Crippen molar-refractivity contribution in [2.45, 2.75) is 64.6 Å². The summed E-state index contributed by atoms with van der Waals surface area (Å²) in [6.45, 7) is 5.40. The second-order valence-corrected chi connectivity index (χ2v) is 9.22. The van der Waals surface area contributed by atoms with Crippen LogP contribution in [-0.4, -0.2) is 46.3 Å². The molecule has 3 aliphatic rings. The van der Waals surface area contributed by atoms with Gasteiger partial charge in [0.15, 0.2) is 5.69 Å². The first-order valence-corrected chi connectivity index (χ1v) is 11.8. The summed E-state index contributed by atoms with van der Waals surface area (Å²) in [5.74, 6) is 0.155. The Labute approximate surface area is 188 Å². The van der Waals surface area contributed by atoms with Crippen LogP contribution in [0.15, 0.2) is 30.3 Å². The first-order valence-electron chi connectivity index (χ1n) is 11.8. The lowest BCUT2D eigenvalue weighted by atomic mass is 9.67. The fraction of sp³-hybridized carbons (Fsp3) is 0.560. The van der Waals surface area contributed by atoms with Crippen LogP contribution in [0, 0.1) is 5.41 Å². The van der Waals surface area contributed by atoms with Crippen LogP contribution in [0.4, 0.5) is 0 Å². The van der Waals surface area contributed by atoms with Gasteiger partial charge < -0.3 is 14.4 Å². The summed E-state index contributed by atoms with van der Waals surface area (Å²) in [6, 6.07) is 10.2. The molecule has 7 nitrogen and oxygen atoms in total. The summed E-state index contributed by atoms with van der Waals surface area (Å²) in [5, 5.41) is 4.59. The van der Waals surface area contributed by atoms with E-state index in [0.29, 0.717) is 44.5 Å². The number of fused-ring (bicyclic) bond motifs is 1. The highest BCUT2D eigenvalue weighted by Gasteiger charge is 2.49. The summed E-state index contributed by atoms with van der Waals surface area (Å²) < 4.78 is 12.9. The number of likely N-dealkylation sites (tertiary alicyclic amines) is 1. The maximum Gasteiger partial charge on any atom is 0.359 e. The van der Waals surface area contributed by atoms with Crippen molar-refractivity contribution < 1.29 is 19.1 Å². The van der Waals surface area contributed by atoms with E-state index in [4.69, 9.17) is 9.47 Å². The van der Waals surface area contributed by atoms with E-state index in [1.54, 1.807) is 0 Å². The third kappa shape index (κ3) is 3.72. The summed E-state index contributed by atoms with van der Waals surface area (Å²) >= 11 is 0. The molecule has 1 spiro atoms. The second kappa shape index (κ2) is 8.70. The van der Waals surface area contributed by atoms with Gasteiger partial charge >= 0.3 is 5.97 Å². The van der Waals surface area contributed by atoms with Gasteiger partial charge in [-0.05, 0) is 50.5 Å². The molecule has 32 heavy (non-hydrogen) atoms. The molecule has 1 aliphatic carbocycles. The van der Waals surface area contributed by atoms with Crippen molar-refractivity contribution in [3.05, 3.63) is 52.8 Å². The minimum atomic E-state index is -0.351. The third-order valence-corrected chi connectivity index (χ3v) is 7.42. The molecule has 0 N–H and O–H groups in total. The Morgan fingerprint density at radius 3 is 2.72 bits per heavy atom. The number of hydrogen-bond donors (Lipinski definition) is 0. The topological polar surface area (TPSA) is 73.7 Å². The van der Waals surface area contributed by atoms with E-state index in [2.05, 4.69) is 17.2 Å². The fourth-order valence-electron chi connectivity index (χ4n) is 5.72. The molecule has 3 heterocycles. The second-order valence-electron chi connectivity index (χ2n) is 9.22. The number of rotatable bonds is 5. The van der Waals surface area contributed by atoms with Crippen LogP contribution in [0.3, 0.4) is 0 Å². The van der Waals surface area contributed by atoms with Gasteiger partial charge in [-0.1, -0.05) is 30.3 Å². The number of nitrogens with zero attached hydrogens (tertiary/aromatic N) is 3. The quantitative estimate of drug-likeness (QED) is 0.668. The average molecular weight is 438 g/mol. The van der Waals surface area contributed by atoms with Crippen LogP contribution < -0.4 is 0 Å². The van der Waals surface area contributed by atoms with Crippen molar-refractivity contribution >= 4 is 11.9 Å². The molecule has 0 radical (unpaired) electrons. The lowest BCUT2D eigenvalue weighted by Gasteiger charge is -2.36. The Kier molecular flexibility index (Phi) is 5.76. The van der Waals surface area contributed by atoms with E-state index >= 15 is 0 Å². The third-order valence-electron chi connectivity index (χ3n) is 7.42. The smallest absolute Gasteiger partial charge is 0.359 e. The van der Waals surface area contributed by atoms with Crippen molar-refractivity contribution in [2.75, 3.05) is 19.8 Å². The van der Waals surface area contributed by atoms with Crippen LogP contribution in [0.5, 0.6) is 0 Å². The van der Waals surface area contributed by atoms with E-state index in [0.717, 1.165) is 49.9 Å². The largest absolute Gasteiger partial charge is 0.461 e. The number of amides is 1. The molecule has 1 aromatic heterocycles. The number of aromatic nitrogens is 2. The fourth-order valence-corrected chi connectivity index (χ4v) is 5.72. The SMILES string of the molecule is CCOC(=O)c1nn2c(c1[C@H]1CC[C@@]3(CCN(Cc4ccccc4)C3=O)CC1)COCC2. The van der Waals surface area contributed by atoms with E-state index in [-0.39, 0.29) is 17.3 Å². The minimum Gasteiger partial charge on any atom is -0.461 e. The van der Waals surface area contributed by atoms with Crippen LogP contribution in [0.2, 0.25) is 0 Å². The molecule has 1 aromatic carbocycles. The molecule has 0 atom stereocenters. The first kappa shape index (κ1) is 21.2. The highest BCUT2D eigenvalue weighted by atomic mass is 16.5. The number of hydrogen-bond acceptors (Lipinski definition) is 5. The molecule has 1 saturated carbocycles. The Balaban J connectivity index is 1.32. The van der Waals surface area contributed by atoms with Gasteiger partial charge in [-0.25, -0.2) is 4.79 Å². The maximum atomic E-state index is 13.4. The molecule has 5 rings (SSSR count). The molecule has 2 aromatic rings. The van der Waals surface area contributed by atoms with E-state index in [1.165, 1.54) is 5.56 Å². The number of ether oxygens (including phenoxy) is 2. The lowest BCUT2D eigenvalue weighted by Crippen LogP contribution is -2.37. The zero-order valence-electron chi connectivity index (χ0n) is 18.7. The van der Waals surface area contributed by atoms with Gasteiger partial charge in [0.25, 0.3) is 0 Å². The number of carbonyl (C=O) groups excluding carboxylic acids is 2. The van der Waals surface area contributed by atoms with Crippen LogP contribution in [0.25, 0.3) is 0 Å². The van der Waals surface area contributed by atoms with E-state index in [9.17, 15) is 9.59 Å². The number of carbonyl (C=O) groups is 2. The van der Waals surface area contributed by atoms with Crippen LogP contribution >= 0.6 is 0 Å².